The lowest BCUT2D eigenvalue weighted by Crippen LogP contribution is -2.51. The molecule has 2 unspecified atom stereocenters. The van der Waals surface area contributed by atoms with E-state index in [1.54, 1.807) is 0 Å². The van der Waals surface area contributed by atoms with Gasteiger partial charge in [0.2, 0.25) is 5.91 Å². The topological polar surface area (TPSA) is 61.6 Å². The number of nitrogens with one attached hydrogen (secondary N) is 1. The number of amides is 1. The fourth-order valence-corrected chi connectivity index (χ4v) is 2.67. The first-order valence-corrected chi connectivity index (χ1v) is 7.99. The smallest absolute Gasteiger partial charge is 0.234 e. The van der Waals surface area contributed by atoms with Crippen molar-refractivity contribution in [3.05, 3.63) is 0 Å². The molecule has 1 amide bonds. The molecule has 1 rings (SSSR count). The summed E-state index contributed by atoms with van der Waals surface area (Å²) in [7, 11) is 0. The third-order valence-electron chi connectivity index (χ3n) is 3.93. The van der Waals surface area contributed by atoms with E-state index < -0.39 is 0 Å². The molecule has 0 aromatic heterocycles. The van der Waals surface area contributed by atoms with Crippen molar-refractivity contribution in [3.8, 4) is 0 Å². The molecule has 5 nitrogen and oxygen atoms in total. The second-order valence-corrected chi connectivity index (χ2v) is 6.17. The summed E-state index contributed by atoms with van der Waals surface area (Å²) in [5, 5.41) is 3.07. The highest BCUT2D eigenvalue weighted by molar-refractivity contribution is 5.78. The van der Waals surface area contributed by atoms with Crippen LogP contribution in [0.5, 0.6) is 0 Å². The molecular formula is C15H32N4O. The molecule has 1 aliphatic rings. The van der Waals surface area contributed by atoms with E-state index in [0.717, 1.165) is 52.1 Å². The Morgan fingerprint density at radius 2 is 1.80 bits per heavy atom. The van der Waals surface area contributed by atoms with Crippen LogP contribution in [0.15, 0.2) is 0 Å². The van der Waals surface area contributed by atoms with Crippen molar-refractivity contribution in [2.75, 3.05) is 45.8 Å². The average molecular weight is 284 g/mol. The summed E-state index contributed by atoms with van der Waals surface area (Å²) in [5.41, 5.74) is 5.66. The van der Waals surface area contributed by atoms with Gasteiger partial charge in [-0.1, -0.05) is 20.3 Å². The first-order valence-electron chi connectivity index (χ1n) is 7.99. The van der Waals surface area contributed by atoms with Gasteiger partial charge in [-0.15, -0.1) is 0 Å². The summed E-state index contributed by atoms with van der Waals surface area (Å²) in [6.45, 7) is 12.8. The highest BCUT2D eigenvalue weighted by Crippen LogP contribution is 2.05. The van der Waals surface area contributed by atoms with Gasteiger partial charge in [0.15, 0.2) is 0 Å². The van der Waals surface area contributed by atoms with E-state index in [9.17, 15) is 4.79 Å². The van der Waals surface area contributed by atoms with Gasteiger partial charge >= 0.3 is 0 Å². The Balaban J connectivity index is 2.20. The molecule has 0 aliphatic carbocycles. The molecule has 118 valence electrons. The minimum absolute atomic E-state index is 0.162. The largest absolute Gasteiger partial charge is 0.353 e. The molecule has 1 heterocycles. The highest BCUT2D eigenvalue weighted by Gasteiger charge is 2.20. The monoisotopic (exact) mass is 284 g/mol. The molecule has 5 heteroatoms. The molecule has 0 spiro atoms. The first kappa shape index (κ1) is 17.4. The number of rotatable bonds is 8. The summed E-state index contributed by atoms with van der Waals surface area (Å²) in [6, 6.07) is 0.291. The summed E-state index contributed by atoms with van der Waals surface area (Å²) in [4.78, 5) is 16.6. The van der Waals surface area contributed by atoms with Gasteiger partial charge in [-0.3, -0.25) is 9.69 Å². The van der Waals surface area contributed by atoms with Gasteiger partial charge in [0, 0.05) is 38.8 Å². The fourth-order valence-electron chi connectivity index (χ4n) is 2.67. The highest BCUT2D eigenvalue weighted by atomic mass is 16.2. The van der Waals surface area contributed by atoms with Crippen molar-refractivity contribution < 1.29 is 4.79 Å². The summed E-state index contributed by atoms with van der Waals surface area (Å²) < 4.78 is 0. The van der Waals surface area contributed by atoms with Crippen LogP contribution in [-0.4, -0.2) is 67.6 Å². The molecule has 0 radical (unpaired) electrons. The second-order valence-electron chi connectivity index (χ2n) is 6.17. The van der Waals surface area contributed by atoms with Crippen molar-refractivity contribution in [3.63, 3.8) is 0 Å². The molecule has 0 saturated carbocycles. The Kier molecular flexibility index (Phi) is 8.11. The standard InChI is InChI=1S/C15H32N4O/c1-4-5-14(3)17-15(20)12-19-8-6-18(7-9-19)11-13(2)10-16/h13-14H,4-12,16H2,1-3H3,(H,17,20). The van der Waals surface area contributed by atoms with Gasteiger partial charge in [0.05, 0.1) is 6.54 Å². The van der Waals surface area contributed by atoms with E-state index in [4.69, 9.17) is 5.73 Å². The summed E-state index contributed by atoms with van der Waals surface area (Å²) in [5.74, 6) is 0.717. The maximum Gasteiger partial charge on any atom is 0.234 e. The van der Waals surface area contributed by atoms with E-state index >= 15 is 0 Å². The minimum atomic E-state index is 0.162. The van der Waals surface area contributed by atoms with Crippen LogP contribution in [0.1, 0.15) is 33.6 Å². The molecule has 0 bridgehead atoms. The van der Waals surface area contributed by atoms with Crippen molar-refractivity contribution in [1.29, 1.82) is 0 Å². The number of nitrogens with zero attached hydrogens (tertiary/aromatic N) is 2. The van der Waals surface area contributed by atoms with E-state index in [1.165, 1.54) is 0 Å². The normalized spacial score (nSPS) is 20.6. The van der Waals surface area contributed by atoms with Gasteiger partial charge in [-0.05, 0) is 25.8 Å². The zero-order valence-corrected chi connectivity index (χ0v) is 13.4. The Labute approximate surface area is 123 Å². The molecule has 0 aromatic carbocycles. The maximum absolute atomic E-state index is 11.9. The van der Waals surface area contributed by atoms with Crippen LogP contribution in [0.4, 0.5) is 0 Å². The lowest BCUT2D eigenvalue weighted by molar-refractivity contribution is -0.123. The van der Waals surface area contributed by atoms with Crippen LogP contribution >= 0.6 is 0 Å². The molecule has 1 saturated heterocycles. The van der Waals surface area contributed by atoms with Crippen LogP contribution in [0.2, 0.25) is 0 Å². The van der Waals surface area contributed by atoms with Gasteiger partial charge in [-0.2, -0.15) is 0 Å². The Morgan fingerprint density at radius 1 is 1.20 bits per heavy atom. The molecular weight excluding hydrogens is 252 g/mol. The lowest BCUT2D eigenvalue weighted by atomic mass is 10.1. The minimum Gasteiger partial charge on any atom is -0.353 e. The van der Waals surface area contributed by atoms with Crippen molar-refractivity contribution in [1.82, 2.24) is 15.1 Å². The number of hydrogen-bond acceptors (Lipinski definition) is 4. The third kappa shape index (κ3) is 6.68. The van der Waals surface area contributed by atoms with Gasteiger partial charge in [0.1, 0.15) is 0 Å². The van der Waals surface area contributed by atoms with Crippen LogP contribution < -0.4 is 11.1 Å². The SMILES string of the molecule is CCCC(C)NC(=O)CN1CCN(CC(C)CN)CC1. The van der Waals surface area contributed by atoms with Gasteiger partial charge < -0.3 is 16.0 Å². The van der Waals surface area contributed by atoms with E-state index in [0.29, 0.717) is 18.5 Å². The lowest BCUT2D eigenvalue weighted by Gasteiger charge is -2.35. The van der Waals surface area contributed by atoms with Gasteiger partial charge in [-0.25, -0.2) is 0 Å². The van der Waals surface area contributed by atoms with Crippen LogP contribution in [0, 0.1) is 5.92 Å². The molecule has 20 heavy (non-hydrogen) atoms. The van der Waals surface area contributed by atoms with Crippen molar-refractivity contribution in [2.24, 2.45) is 11.7 Å². The van der Waals surface area contributed by atoms with E-state index in [1.807, 2.05) is 0 Å². The molecule has 1 fully saturated rings. The number of piperazine rings is 1. The number of hydrogen-bond donors (Lipinski definition) is 2. The number of nitrogens with two attached hydrogens (primary N) is 1. The van der Waals surface area contributed by atoms with Crippen LogP contribution in [0.3, 0.4) is 0 Å². The molecule has 0 aromatic rings. The predicted octanol–water partition coefficient (Wildman–Crippen LogP) is 0.504. The number of carbonyl (C=O) groups is 1. The Hall–Kier alpha value is -0.650. The zero-order valence-electron chi connectivity index (χ0n) is 13.4. The average Bonchev–Trinajstić information content (AvgIpc) is 2.41. The summed E-state index contributed by atoms with van der Waals surface area (Å²) in [6.07, 6.45) is 2.16. The Bertz CT molecular complexity index is 277. The zero-order chi connectivity index (χ0) is 15.0. The molecule has 1 aliphatic heterocycles. The summed E-state index contributed by atoms with van der Waals surface area (Å²) >= 11 is 0. The van der Waals surface area contributed by atoms with E-state index in [-0.39, 0.29) is 5.91 Å². The van der Waals surface area contributed by atoms with Crippen molar-refractivity contribution in [2.45, 2.75) is 39.7 Å². The van der Waals surface area contributed by atoms with Gasteiger partial charge in [0.25, 0.3) is 0 Å². The maximum atomic E-state index is 11.9. The molecule has 2 atom stereocenters. The quantitative estimate of drug-likeness (QED) is 0.681. The van der Waals surface area contributed by atoms with Crippen LogP contribution in [0.25, 0.3) is 0 Å². The van der Waals surface area contributed by atoms with Crippen LogP contribution in [-0.2, 0) is 4.79 Å². The fraction of sp³-hybridized carbons (Fsp3) is 0.933. The second kappa shape index (κ2) is 9.32. The Morgan fingerprint density at radius 3 is 2.35 bits per heavy atom. The third-order valence-corrected chi connectivity index (χ3v) is 3.93. The van der Waals surface area contributed by atoms with E-state index in [2.05, 4.69) is 35.9 Å². The number of carbonyl (C=O) groups excluding carboxylic acids is 1. The predicted molar refractivity (Wildman–Crippen MR) is 83.6 cm³/mol. The molecule has 3 N–H and O–H groups in total. The first-order chi connectivity index (χ1) is 9.55. The van der Waals surface area contributed by atoms with Crippen molar-refractivity contribution >= 4 is 5.91 Å².